The fourth-order valence-corrected chi connectivity index (χ4v) is 1.76. The largest absolute Gasteiger partial charge is 0.573 e. The molecule has 1 unspecified atom stereocenters. The SMILES string of the molecule is CC(Nc1ccn(C)n1)c1ccc(OC(F)(F)F)cc1. The normalized spacial score (nSPS) is 13.1. The molecule has 1 aromatic heterocycles. The van der Waals surface area contributed by atoms with Gasteiger partial charge >= 0.3 is 6.36 Å². The van der Waals surface area contributed by atoms with Crippen molar-refractivity contribution in [2.75, 3.05) is 5.32 Å². The number of nitrogens with zero attached hydrogens (tertiary/aromatic N) is 2. The van der Waals surface area contributed by atoms with Crippen LogP contribution in [0.15, 0.2) is 36.5 Å². The molecule has 0 aliphatic rings. The molecule has 0 radical (unpaired) electrons. The molecule has 0 bridgehead atoms. The van der Waals surface area contributed by atoms with Crippen molar-refractivity contribution >= 4 is 5.82 Å². The summed E-state index contributed by atoms with van der Waals surface area (Å²) in [4.78, 5) is 0. The summed E-state index contributed by atoms with van der Waals surface area (Å²) in [5.74, 6) is 0.474. The average molecular weight is 285 g/mol. The van der Waals surface area contributed by atoms with Crippen LogP contribution in [-0.2, 0) is 7.05 Å². The van der Waals surface area contributed by atoms with Gasteiger partial charge in [0.05, 0.1) is 6.04 Å². The molecule has 4 nitrogen and oxygen atoms in total. The van der Waals surface area contributed by atoms with E-state index in [1.54, 1.807) is 30.1 Å². The highest BCUT2D eigenvalue weighted by Gasteiger charge is 2.30. The van der Waals surface area contributed by atoms with Crippen LogP contribution in [0.5, 0.6) is 5.75 Å². The first-order valence-corrected chi connectivity index (χ1v) is 5.95. The number of nitrogens with one attached hydrogen (secondary N) is 1. The summed E-state index contributed by atoms with van der Waals surface area (Å²) in [5, 5.41) is 7.33. The quantitative estimate of drug-likeness (QED) is 0.934. The summed E-state index contributed by atoms with van der Waals surface area (Å²) in [6.45, 7) is 1.90. The number of halogens is 3. The highest BCUT2D eigenvalue weighted by atomic mass is 19.4. The van der Waals surface area contributed by atoms with Gasteiger partial charge in [-0.2, -0.15) is 5.10 Å². The van der Waals surface area contributed by atoms with Crippen molar-refractivity contribution in [2.45, 2.75) is 19.3 Å². The summed E-state index contributed by atoms with van der Waals surface area (Å²) in [6, 6.07) is 7.49. The van der Waals surface area contributed by atoms with Crippen LogP contribution < -0.4 is 10.1 Å². The standard InChI is InChI=1S/C13H14F3N3O/c1-9(17-12-7-8-19(2)18-12)10-3-5-11(6-4-10)20-13(14,15)16/h3-9H,1-2H3,(H,17,18). The molecule has 0 aliphatic carbocycles. The van der Waals surface area contributed by atoms with Gasteiger partial charge in [0.1, 0.15) is 11.6 Å². The van der Waals surface area contributed by atoms with Gasteiger partial charge in [-0.1, -0.05) is 12.1 Å². The Kier molecular flexibility index (Phi) is 3.87. The molecule has 0 saturated heterocycles. The van der Waals surface area contributed by atoms with Crippen molar-refractivity contribution in [1.29, 1.82) is 0 Å². The van der Waals surface area contributed by atoms with Crippen LogP contribution in [0.3, 0.4) is 0 Å². The van der Waals surface area contributed by atoms with Crippen LogP contribution in [0.2, 0.25) is 0 Å². The zero-order valence-corrected chi connectivity index (χ0v) is 11.0. The van der Waals surface area contributed by atoms with Crippen molar-refractivity contribution < 1.29 is 17.9 Å². The van der Waals surface area contributed by atoms with Crippen LogP contribution in [0, 0.1) is 0 Å². The van der Waals surface area contributed by atoms with Gasteiger partial charge in [-0.15, -0.1) is 13.2 Å². The molecule has 20 heavy (non-hydrogen) atoms. The zero-order valence-electron chi connectivity index (χ0n) is 11.0. The number of rotatable bonds is 4. The second kappa shape index (κ2) is 5.44. The Morgan fingerprint density at radius 3 is 2.35 bits per heavy atom. The van der Waals surface area contributed by atoms with Crippen LogP contribution in [0.4, 0.5) is 19.0 Å². The van der Waals surface area contributed by atoms with E-state index < -0.39 is 6.36 Å². The van der Waals surface area contributed by atoms with E-state index in [0.717, 1.165) is 5.56 Å². The predicted molar refractivity (Wildman–Crippen MR) is 68.4 cm³/mol. The first-order valence-electron chi connectivity index (χ1n) is 5.95. The number of benzene rings is 1. The number of anilines is 1. The summed E-state index contributed by atoms with van der Waals surface area (Å²) in [5.41, 5.74) is 0.838. The number of ether oxygens (including phenoxy) is 1. The fourth-order valence-electron chi connectivity index (χ4n) is 1.76. The van der Waals surface area contributed by atoms with Gasteiger partial charge in [0, 0.05) is 19.3 Å². The molecule has 108 valence electrons. The van der Waals surface area contributed by atoms with E-state index in [2.05, 4.69) is 15.2 Å². The van der Waals surface area contributed by atoms with E-state index in [0.29, 0.717) is 5.82 Å². The molecule has 0 spiro atoms. The highest BCUT2D eigenvalue weighted by molar-refractivity contribution is 5.38. The molecule has 0 amide bonds. The molecule has 2 rings (SSSR count). The Bertz CT molecular complexity index is 563. The van der Waals surface area contributed by atoms with E-state index in [4.69, 9.17) is 0 Å². The monoisotopic (exact) mass is 285 g/mol. The number of aromatic nitrogens is 2. The van der Waals surface area contributed by atoms with E-state index >= 15 is 0 Å². The molecule has 1 aromatic carbocycles. The average Bonchev–Trinajstić information content (AvgIpc) is 2.73. The Labute approximate surface area is 114 Å². The third-order valence-corrected chi connectivity index (χ3v) is 2.69. The number of aryl methyl sites for hydroxylation is 1. The topological polar surface area (TPSA) is 39.1 Å². The molecular formula is C13H14F3N3O. The first-order chi connectivity index (χ1) is 9.33. The predicted octanol–water partition coefficient (Wildman–Crippen LogP) is 3.49. The zero-order chi connectivity index (χ0) is 14.8. The lowest BCUT2D eigenvalue weighted by molar-refractivity contribution is -0.274. The lowest BCUT2D eigenvalue weighted by Crippen LogP contribution is -2.17. The second-order valence-corrected chi connectivity index (χ2v) is 4.36. The molecule has 0 fully saturated rings. The highest BCUT2D eigenvalue weighted by Crippen LogP contribution is 2.25. The van der Waals surface area contributed by atoms with Crippen molar-refractivity contribution in [3.63, 3.8) is 0 Å². The van der Waals surface area contributed by atoms with Crippen LogP contribution in [-0.4, -0.2) is 16.1 Å². The van der Waals surface area contributed by atoms with Crippen LogP contribution in [0.1, 0.15) is 18.5 Å². The van der Waals surface area contributed by atoms with Gasteiger partial charge in [-0.3, -0.25) is 4.68 Å². The lowest BCUT2D eigenvalue weighted by Gasteiger charge is -2.14. The fraction of sp³-hybridized carbons (Fsp3) is 0.308. The minimum Gasteiger partial charge on any atom is -0.406 e. The second-order valence-electron chi connectivity index (χ2n) is 4.36. The van der Waals surface area contributed by atoms with E-state index in [1.807, 2.05) is 13.0 Å². The third kappa shape index (κ3) is 3.91. The molecule has 2 aromatic rings. The Hall–Kier alpha value is -2.18. The van der Waals surface area contributed by atoms with Crippen LogP contribution in [0.25, 0.3) is 0 Å². The van der Waals surface area contributed by atoms with Gasteiger partial charge < -0.3 is 10.1 Å². The third-order valence-electron chi connectivity index (χ3n) is 2.69. The summed E-state index contributed by atoms with van der Waals surface area (Å²) >= 11 is 0. The summed E-state index contributed by atoms with van der Waals surface area (Å²) in [6.07, 6.45) is -2.87. The van der Waals surface area contributed by atoms with Crippen molar-refractivity contribution in [1.82, 2.24) is 9.78 Å². The van der Waals surface area contributed by atoms with Crippen molar-refractivity contribution in [3.05, 3.63) is 42.1 Å². The minimum atomic E-state index is -4.67. The Morgan fingerprint density at radius 1 is 1.20 bits per heavy atom. The number of alkyl halides is 3. The van der Waals surface area contributed by atoms with E-state index in [1.165, 1.54) is 12.1 Å². The first kappa shape index (κ1) is 14.2. The maximum absolute atomic E-state index is 12.0. The van der Waals surface area contributed by atoms with E-state index in [-0.39, 0.29) is 11.8 Å². The molecular weight excluding hydrogens is 271 g/mol. The van der Waals surface area contributed by atoms with Gasteiger partial charge in [0.25, 0.3) is 0 Å². The summed E-state index contributed by atoms with van der Waals surface area (Å²) in [7, 11) is 1.80. The van der Waals surface area contributed by atoms with E-state index in [9.17, 15) is 13.2 Å². The Morgan fingerprint density at radius 2 is 1.85 bits per heavy atom. The molecule has 0 saturated carbocycles. The minimum absolute atomic E-state index is 0.0789. The van der Waals surface area contributed by atoms with Crippen molar-refractivity contribution in [3.8, 4) is 5.75 Å². The lowest BCUT2D eigenvalue weighted by atomic mass is 10.1. The smallest absolute Gasteiger partial charge is 0.406 e. The van der Waals surface area contributed by atoms with Crippen molar-refractivity contribution in [2.24, 2.45) is 7.05 Å². The van der Waals surface area contributed by atoms with Gasteiger partial charge in [-0.05, 0) is 24.6 Å². The maximum atomic E-state index is 12.0. The molecule has 1 N–H and O–H groups in total. The molecule has 0 aliphatic heterocycles. The summed E-state index contributed by atoms with van der Waals surface area (Å²) < 4.78 is 41.6. The molecule has 1 heterocycles. The number of hydrogen-bond donors (Lipinski definition) is 1. The number of hydrogen-bond acceptors (Lipinski definition) is 3. The Balaban J connectivity index is 2.02. The molecule has 1 atom stereocenters. The van der Waals surface area contributed by atoms with Crippen LogP contribution >= 0.6 is 0 Å². The van der Waals surface area contributed by atoms with Gasteiger partial charge in [0.2, 0.25) is 0 Å². The molecule has 7 heteroatoms. The van der Waals surface area contributed by atoms with Gasteiger partial charge in [0.15, 0.2) is 0 Å². The maximum Gasteiger partial charge on any atom is 0.573 e. The van der Waals surface area contributed by atoms with Gasteiger partial charge in [-0.25, -0.2) is 0 Å².